The predicted molar refractivity (Wildman–Crippen MR) is 120 cm³/mol. The Morgan fingerprint density at radius 1 is 0.906 bits per heavy atom. The molecule has 4 rings (SSSR count). The Bertz CT molecular complexity index is 1200. The molecule has 0 spiro atoms. The Kier molecular flexibility index (Phi) is 6.01. The summed E-state index contributed by atoms with van der Waals surface area (Å²) in [6.45, 7) is 1.68. The highest BCUT2D eigenvalue weighted by atomic mass is 35.5. The number of carbonyl (C=O) groups is 2. The third kappa shape index (κ3) is 4.12. The van der Waals surface area contributed by atoms with Crippen molar-refractivity contribution in [3.63, 3.8) is 0 Å². The van der Waals surface area contributed by atoms with E-state index in [4.69, 9.17) is 11.6 Å². The van der Waals surface area contributed by atoms with Crippen molar-refractivity contribution in [2.75, 3.05) is 0 Å². The van der Waals surface area contributed by atoms with E-state index in [1.165, 1.54) is 24.3 Å². The number of sulfonamides is 1. The molecule has 1 saturated heterocycles. The second kappa shape index (κ2) is 8.74. The van der Waals surface area contributed by atoms with Crippen molar-refractivity contribution in [3.8, 4) is 0 Å². The fourth-order valence-electron chi connectivity index (χ4n) is 3.66. The highest BCUT2D eigenvalue weighted by Crippen LogP contribution is 2.37. The molecule has 3 aromatic rings. The second-order valence-corrected chi connectivity index (χ2v) is 9.41. The van der Waals surface area contributed by atoms with Crippen molar-refractivity contribution in [3.05, 3.63) is 101 Å². The number of hydrogen-bond donors (Lipinski definition) is 1. The number of hydrogen-bond acceptors (Lipinski definition) is 5. The van der Waals surface area contributed by atoms with E-state index in [0.717, 1.165) is 16.1 Å². The topological polar surface area (TPSA) is 86.8 Å². The molecule has 1 aliphatic rings. The zero-order valence-corrected chi connectivity index (χ0v) is 18.6. The summed E-state index contributed by atoms with van der Waals surface area (Å²) < 4.78 is 27.3. The Balaban J connectivity index is 1.67. The maximum atomic E-state index is 13.0. The summed E-state index contributed by atoms with van der Waals surface area (Å²) >= 11 is 5.81. The lowest BCUT2D eigenvalue weighted by atomic mass is 9.95. The normalized spacial score (nSPS) is 16.7. The van der Waals surface area contributed by atoms with Crippen LogP contribution in [0.3, 0.4) is 0 Å². The number of imide groups is 1. The van der Waals surface area contributed by atoms with Crippen molar-refractivity contribution < 1.29 is 18.0 Å². The van der Waals surface area contributed by atoms with Crippen molar-refractivity contribution >= 4 is 33.6 Å². The summed E-state index contributed by atoms with van der Waals surface area (Å²) in [6.07, 6.45) is 0. The minimum absolute atomic E-state index is 0.134. The van der Waals surface area contributed by atoms with Gasteiger partial charge in [0.15, 0.2) is 0 Å². The van der Waals surface area contributed by atoms with Crippen LogP contribution in [0.15, 0.2) is 89.8 Å². The molecular weight excluding hydrogens is 450 g/mol. The molecule has 0 radical (unpaired) electrons. The molecule has 1 aliphatic heterocycles. The largest absolute Gasteiger partial charge is 0.353 e. The number of nitrogens with zero attached hydrogens (tertiary/aromatic N) is 2. The van der Waals surface area contributed by atoms with E-state index in [-0.39, 0.29) is 4.90 Å². The number of hydrazine groups is 1. The van der Waals surface area contributed by atoms with Gasteiger partial charge in [0.2, 0.25) is 0 Å². The molecule has 0 saturated carbocycles. The lowest BCUT2D eigenvalue weighted by Gasteiger charge is -2.50. The minimum atomic E-state index is -4.20. The lowest BCUT2D eigenvalue weighted by Crippen LogP contribution is -2.71. The Labute approximate surface area is 191 Å². The quantitative estimate of drug-likeness (QED) is 0.610. The van der Waals surface area contributed by atoms with Crippen LogP contribution >= 0.6 is 11.6 Å². The third-order valence-electron chi connectivity index (χ3n) is 5.23. The number of nitrogens with one attached hydrogen (secondary N) is 1. The van der Waals surface area contributed by atoms with Gasteiger partial charge in [-0.2, -0.15) is 10.0 Å². The summed E-state index contributed by atoms with van der Waals surface area (Å²) in [4.78, 5) is 25.5. The van der Waals surface area contributed by atoms with E-state index in [1.54, 1.807) is 11.9 Å². The summed E-state index contributed by atoms with van der Waals surface area (Å²) in [5.74, 6) is -0.495. The van der Waals surface area contributed by atoms with Gasteiger partial charge in [0.25, 0.3) is 15.9 Å². The highest BCUT2D eigenvalue weighted by molar-refractivity contribution is 7.90. The number of halogens is 1. The van der Waals surface area contributed by atoms with Crippen LogP contribution in [0, 0.1) is 0 Å². The smallest absolute Gasteiger partial charge is 0.271 e. The number of carbonyl (C=O) groups excluding carboxylic acids is 2. The first-order valence-electron chi connectivity index (χ1n) is 9.84. The van der Waals surface area contributed by atoms with Gasteiger partial charge in [-0.1, -0.05) is 72.3 Å². The molecule has 9 heteroatoms. The lowest BCUT2D eigenvalue weighted by molar-refractivity contribution is -0.184. The van der Waals surface area contributed by atoms with E-state index < -0.39 is 34.0 Å². The van der Waals surface area contributed by atoms with Gasteiger partial charge in [0, 0.05) is 5.02 Å². The van der Waals surface area contributed by atoms with Gasteiger partial charge in [-0.15, -0.1) is 0 Å². The van der Waals surface area contributed by atoms with Gasteiger partial charge < -0.3 is 0 Å². The molecule has 0 aliphatic carbocycles. The van der Waals surface area contributed by atoms with Crippen LogP contribution in [0.25, 0.3) is 0 Å². The maximum Gasteiger partial charge on any atom is 0.353 e. The standard InChI is InChI=1S/C23H20ClN3O4S/c1-16-22(28)27(23(29)25-32(30,31)20-14-12-19(24)13-15-20)26(16)21(17-8-4-2-5-9-17)18-10-6-3-7-11-18/h2-16,21H,1H3,(H,25,29). The number of benzene rings is 3. The Morgan fingerprint density at radius 3 is 1.91 bits per heavy atom. The SMILES string of the molecule is CC1C(=O)N(C(=O)NS(=O)(=O)c2ccc(Cl)cc2)N1C(c1ccccc1)c1ccccc1. The van der Waals surface area contributed by atoms with Crippen LogP contribution in [0.5, 0.6) is 0 Å². The van der Waals surface area contributed by atoms with Gasteiger partial charge >= 0.3 is 6.03 Å². The fourth-order valence-corrected chi connectivity index (χ4v) is 4.72. The first kappa shape index (κ1) is 22.0. The monoisotopic (exact) mass is 469 g/mol. The van der Waals surface area contributed by atoms with Crippen molar-refractivity contribution in [1.82, 2.24) is 14.7 Å². The number of urea groups is 1. The average Bonchev–Trinajstić information content (AvgIpc) is 2.79. The predicted octanol–water partition coefficient (Wildman–Crippen LogP) is 3.98. The molecule has 1 heterocycles. The van der Waals surface area contributed by atoms with E-state index in [9.17, 15) is 18.0 Å². The molecule has 1 unspecified atom stereocenters. The van der Waals surface area contributed by atoms with Gasteiger partial charge in [-0.25, -0.2) is 17.9 Å². The molecule has 0 aromatic heterocycles. The van der Waals surface area contributed by atoms with E-state index in [2.05, 4.69) is 0 Å². The van der Waals surface area contributed by atoms with Crippen LogP contribution in [0.2, 0.25) is 5.02 Å². The summed E-state index contributed by atoms with van der Waals surface area (Å²) in [7, 11) is -4.20. The molecule has 3 amide bonds. The molecule has 0 bridgehead atoms. The fraction of sp³-hybridized carbons (Fsp3) is 0.130. The van der Waals surface area contributed by atoms with Gasteiger partial charge in [0.1, 0.15) is 6.04 Å². The summed E-state index contributed by atoms with van der Waals surface area (Å²) in [5.41, 5.74) is 1.72. The van der Waals surface area contributed by atoms with Crippen LogP contribution in [-0.2, 0) is 14.8 Å². The summed E-state index contributed by atoms with van der Waals surface area (Å²) in [6, 6.07) is 22.1. The number of rotatable bonds is 5. The molecular formula is C23H20ClN3O4S. The van der Waals surface area contributed by atoms with E-state index >= 15 is 0 Å². The first-order chi connectivity index (χ1) is 15.3. The Morgan fingerprint density at radius 2 is 1.41 bits per heavy atom. The zero-order chi connectivity index (χ0) is 22.9. The van der Waals surface area contributed by atoms with Crippen LogP contribution in [0.4, 0.5) is 4.79 Å². The van der Waals surface area contributed by atoms with Gasteiger partial charge in [-0.05, 0) is 42.3 Å². The molecule has 7 nitrogen and oxygen atoms in total. The van der Waals surface area contributed by atoms with Crippen molar-refractivity contribution in [2.45, 2.75) is 23.9 Å². The van der Waals surface area contributed by atoms with Crippen molar-refractivity contribution in [1.29, 1.82) is 0 Å². The van der Waals surface area contributed by atoms with E-state index in [0.29, 0.717) is 5.02 Å². The minimum Gasteiger partial charge on any atom is -0.271 e. The molecule has 164 valence electrons. The molecule has 32 heavy (non-hydrogen) atoms. The second-order valence-electron chi connectivity index (χ2n) is 7.29. The van der Waals surface area contributed by atoms with Gasteiger partial charge in [0.05, 0.1) is 10.9 Å². The number of amides is 3. The maximum absolute atomic E-state index is 13.0. The van der Waals surface area contributed by atoms with Crippen LogP contribution < -0.4 is 4.72 Å². The van der Waals surface area contributed by atoms with Crippen molar-refractivity contribution in [2.24, 2.45) is 0 Å². The van der Waals surface area contributed by atoms with Crippen LogP contribution in [0.1, 0.15) is 24.1 Å². The first-order valence-corrected chi connectivity index (χ1v) is 11.7. The Hall–Kier alpha value is -3.20. The summed E-state index contributed by atoms with van der Waals surface area (Å²) in [5, 5.41) is 2.80. The molecule has 1 fully saturated rings. The molecule has 1 atom stereocenters. The van der Waals surface area contributed by atoms with Gasteiger partial charge in [-0.3, -0.25) is 4.79 Å². The van der Waals surface area contributed by atoms with Crippen LogP contribution in [-0.4, -0.2) is 36.4 Å². The van der Waals surface area contributed by atoms with E-state index in [1.807, 2.05) is 65.4 Å². The third-order valence-corrected chi connectivity index (χ3v) is 6.82. The highest BCUT2D eigenvalue weighted by Gasteiger charge is 2.51. The average molecular weight is 470 g/mol. The molecule has 3 aromatic carbocycles. The zero-order valence-electron chi connectivity index (χ0n) is 17.1. The molecule has 1 N–H and O–H groups in total.